The van der Waals surface area contributed by atoms with Gasteiger partial charge in [0.2, 0.25) is 0 Å². The van der Waals surface area contributed by atoms with Gasteiger partial charge < -0.3 is 0 Å². The van der Waals surface area contributed by atoms with Gasteiger partial charge in [-0.3, -0.25) is 0 Å². The Kier molecular flexibility index (Phi) is 7.07. The van der Waals surface area contributed by atoms with E-state index in [0.717, 1.165) is 0 Å². The standard InChI is InChI=1S/C9H20BNO5S/c1-8(2)5-9(6-12,7-13)11-3-4-17(15,16)10-14/h8,11-13H,3-7H2,1-2H3. The van der Waals surface area contributed by atoms with Crippen LogP contribution in [0.4, 0.5) is 0 Å². The van der Waals surface area contributed by atoms with Crippen molar-refractivity contribution < 1.29 is 23.3 Å². The SMILES string of the molecule is CC(C)CC(CO)(CO)NCCS(=O)(=O)B=O. The topological polar surface area (TPSA) is 104 Å². The van der Waals surface area contributed by atoms with E-state index < -0.39 is 15.2 Å². The van der Waals surface area contributed by atoms with Crippen molar-refractivity contribution in [3.05, 3.63) is 0 Å². The fourth-order valence-electron chi connectivity index (χ4n) is 1.65. The number of hydrogen-bond acceptors (Lipinski definition) is 6. The Morgan fingerprint density at radius 1 is 1.29 bits per heavy atom. The van der Waals surface area contributed by atoms with Gasteiger partial charge >= 0.3 is 102 Å². The van der Waals surface area contributed by atoms with Gasteiger partial charge in [-0.25, -0.2) is 0 Å². The second-order valence-corrected chi connectivity index (χ2v) is 6.51. The van der Waals surface area contributed by atoms with Crippen LogP contribution in [0.5, 0.6) is 0 Å². The summed E-state index contributed by atoms with van der Waals surface area (Å²) < 4.78 is 32.1. The Morgan fingerprint density at radius 3 is 2.18 bits per heavy atom. The van der Waals surface area contributed by atoms with Gasteiger partial charge in [0, 0.05) is 0 Å². The third-order valence-corrected chi connectivity index (χ3v) is 3.50. The van der Waals surface area contributed by atoms with Crippen molar-refractivity contribution in [2.75, 3.05) is 25.5 Å². The number of hydrogen-bond donors (Lipinski definition) is 3. The molecule has 0 saturated carbocycles. The third kappa shape index (κ3) is 6.25. The maximum absolute atomic E-state index is 11.0. The molecular formula is C9H20BNO5S. The van der Waals surface area contributed by atoms with Crippen molar-refractivity contribution in [1.82, 2.24) is 5.32 Å². The second kappa shape index (κ2) is 7.20. The van der Waals surface area contributed by atoms with Crippen molar-refractivity contribution in [1.29, 1.82) is 0 Å². The van der Waals surface area contributed by atoms with Crippen molar-refractivity contribution in [2.45, 2.75) is 25.8 Å². The molecule has 6 nitrogen and oxygen atoms in total. The molecule has 100 valence electrons. The van der Waals surface area contributed by atoms with E-state index in [1.54, 1.807) is 0 Å². The summed E-state index contributed by atoms with van der Waals surface area (Å²) in [5, 5.41) is 21.4. The van der Waals surface area contributed by atoms with Crippen LogP contribution < -0.4 is 5.32 Å². The molecule has 0 aromatic carbocycles. The zero-order valence-electron chi connectivity index (χ0n) is 10.2. The molecule has 0 aliphatic heterocycles. The Hall–Kier alpha value is -0.305. The van der Waals surface area contributed by atoms with Crippen molar-refractivity contribution in [2.24, 2.45) is 5.92 Å². The van der Waals surface area contributed by atoms with Gasteiger partial charge in [0.1, 0.15) is 0 Å². The molecule has 3 N–H and O–H groups in total. The van der Waals surface area contributed by atoms with E-state index in [1.165, 1.54) is 0 Å². The van der Waals surface area contributed by atoms with Crippen LogP contribution in [0.2, 0.25) is 0 Å². The average molecular weight is 265 g/mol. The summed E-state index contributed by atoms with van der Waals surface area (Å²) in [6.45, 7) is 3.31. The van der Waals surface area contributed by atoms with E-state index in [-0.39, 0.29) is 37.9 Å². The third-order valence-electron chi connectivity index (χ3n) is 2.44. The van der Waals surface area contributed by atoms with E-state index in [0.29, 0.717) is 6.42 Å². The Balaban J connectivity index is 4.41. The van der Waals surface area contributed by atoms with E-state index >= 15 is 0 Å². The van der Waals surface area contributed by atoms with Crippen LogP contribution in [0.15, 0.2) is 0 Å². The minimum absolute atomic E-state index is 0.0227. The van der Waals surface area contributed by atoms with Crippen LogP contribution >= 0.6 is 0 Å². The molecule has 0 atom stereocenters. The summed E-state index contributed by atoms with van der Waals surface area (Å²) in [5.74, 6) is -0.0967. The molecule has 0 heterocycles. The predicted octanol–water partition coefficient (Wildman–Crippen LogP) is -1.27. The molecule has 0 amide bonds. The average Bonchev–Trinajstić information content (AvgIpc) is 2.27. The molecule has 0 rings (SSSR count). The first-order chi connectivity index (χ1) is 7.81. The van der Waals surface area contributed by atoms with Gasteiger partial charge in [-0.05, 0) is 0 Å². The van der Waals surface area contributed by atoms with E-state index in [2.05, 4.69) is 5.32 Å². The fourth-order valence-corrected chi connectivity index (χ4v) is 2.13. The molecule has 0 aromatic rings. The minimum atomic E-state index is -3.69. The normalized spacial score (nSPS) is 12.8. The number of aliphatic hydroxyl groups excluding tert-OH is 2. The van der Waals surface area contributed by atoms with Gasteiger partial charge in [0.25, 0.3) is 0 Å². The Morgan fingerprint density at radius 2 is 1.82 bits per heavy atom. The number of nitrogens with one attached hydrogen (secondary N) is 1. The zero-order valence-corrected chi connectivity index (χ0v) is 11.0. The van der Waals surface area contributed by atoms with Gasteiger partial charge in [-0.15, -0.1) is 0 Å². The van der Waals surface area contributed by atoms with Crippen LogP contribution in [-0.2, 0) is 14.4 Å². The second-order valence-electron chi connectivity index (χ2n) is 4.58. The van der Waals surface area contributed by atoms with Crippen molar-refractivity contribution in [3.63, 3.8) is 0 Å². The summed E-state index contributed by atoms with van der Waals surface area (Å²) in [7, 11) is -3.69. The van der Waals surface area contributed by atoms with Crippen LogP contribution in [0.1, 0.15) is 20.3 Å². The molecule has 0 saturated heterocycles. The number of aliphatic hydroxyl groups is 2. The molecule has 0 fully saturated rings. The Bertz CT molecular complexity index is 326. The van der Waals surface area contributed by atoms with Crippen LogP contribution in [-0.4, -0.2) is 56.1 Å². The van der Waals surface area contributed by atoms with E-state index in [1.807, 2.05) is 13.8 Å². The van der Waals surface area contributed by atoms with Crippen molar-refractivity contribution in [3.8, 4) is 0 Å². The summed E-state index contributed by atoms with van der Waals surface area (Å²) in [6, 6.07) is 0. The van der Waals surface area contributed by atoms with E-state index in [4.69, 9.17) is 0 Å². The molecule has 0 bridgehead atoms. The summed E-state index contributed by atoms with van der Waals surface area (Å²) in [6.07, 6.45) is 0.428. The van der Waals surface area contributed by atoms with Crippen LogP contribution in [0, 0.1) is 5.92 Å². The summed E-state index contributed by atoms with van der Waals surface area (Å²) in [4.78, 5) is 0. The molecule has 0 aliphatic rings. The quantitative estimate of drug-likeness (QED) is 0.449. The summed E-state index contributed by atoms with van der Waals surface area (Å²) in [5.41, 5.74) is -0.896. The summed E-state index contributed by atoms with van der Waals surface area (Å²) >= 11 is 0. The molecule has 0 unspecified atom stereocenters. The molecule has 0 aromatic heterocycles. The predicted molar refractivity (Wildman–Crippen MR) is 64.6 cm³/mol. The zero-order chi connectivity index (χ0) is 13.5. The van der Waals surface area contributed by atoms with E-state index in [9.17, 15) is 23.3 Å². The Labute approximate surface area is 102 Å². The molecule has 0 spiro atoms. The first-order valence-electron chi connectivity index (χ1n) is 5.45. The van der Waals surface area contributed by atoms with Crippen molar-refractivity contribution >= 4 is 16.1 Å². The molecular weight excluding hydrogens is 245 g/mol. The monoisotopic (exact) mass is 265 g/mol. The fraction of sp³-hybridized carbons (Fsp3) is 1.00. The molecule has 0 radical (unpaired) electrons. The molecule has 8 heteroatoms. The first-order valence-corrected chi connectivity index (χ1v) is 7.17. The maximum atomic E-state index is 11.0. The molecule has 17 heavy (non-hydrogen) atoms. The van der Waals surface area contributed by atoms with Gasteiger partial charge in [-0.2, -0.15) is 0 Å². The molecule has 0 aliphatic carbocycles. The van der Waals surface area contributed by atoms with Crippen LogP contribution in [0.3, 0.4) is 0 Å². The number of rotatable bonds is 9. The van der Waals surface area contributed by atoms with Gasteiger partial charge in [0.15, 0.2) is 0 Å². The first kappa shape index (κ1) is 16.7. The van der Waals surface area contributed by atoms with Crippen LogP contribution in [0.25, 0.3) is 0 Å². The van der Waals surface area contributed by atoms with Gasteiger partial charge in [0.05, 0.1) is 0 Å². The van der Waals surface area contributed by atoms with Gasteiger partial charge in [-0.1, -0.05) is 0 Å².